The summed E-state index contributed by atoms with van der Waals surface area (Å²) in [6.07, 6.45) is 4.91. The Morgan fingerprint density at radius 3 is 2.94 bits per heavy atom. The second-order valence-corrected chi connectivity index (χ2v) is 8.41. The zero-order valence-corrected chi connectivity index (χ0v) is 18.3. The maximum atomic E-state index is 13.9. The molecule has 0 saturated carbocycles. The minimum atomic E-state index is -0.272. The third-order valence-corrected chi connectivity index (χ3v) is 6.13. The van der Waals surface area contributed by atoms with Crippen LogP contribution in [0.5, 0.6) is 5.75 Å². The van der Waals surface area contributed by atoms with E-state index in [1.807, 2.05) is 6.92 Å². The van der Waals surface area contributed by atoms with E-state index in [4.69, 9.17) is 14.5 Å². The number of nitrogens with one attached hydrogen (secondary N) is 1. The summed E-state index contributed by atoms with van der Waals surface area (Å²) in [4.78, 5) is 24.6. The molecule has 0 unspecified atom stereocenters. The minimum absolute atomic E-state index is 0.0974. The highest BCUT2D eigenvalue weighted by atomic mass is 19.1. The van der Waals surface area contributed by atoms with Gasteiger partial charge in [-0.2, -0.15) is 4.98 Å². The molecule has 7 nitrogen and oxygen atoms in total. The zero-order valence-electron chi connectivity index (χ0n) is 18.3. The maximum Gasteiger partial charge on any atom is 0.254 e. The molecule has 2 aliphatic rings. The number of nitrogens with zero attached hydrogens (tertiary/aromatic N) is 3. The fraction of sp³-hybridized carbons (Fsp3) is 0.565. The summed E-state index contributed by atoms with van der Waals surface area (Å²) >= 11 is 0. The van der Waals surface area contributed by atoms with Crippen LogP contribution in [0.15, 0.2) is 29.1 Å². The van der Waals surface area contributed by atoms with Gasteiger partial charge < -0.3 is 19.3 Å². The summed E-state index contributed by atoms with van der Waals surface area (Å²) in [7, 11) is 1.60. The minimum Gasteiger partial charge on any atom is -0.496 e. The molecule has 0 radical (unpaired) electrons. The van der Waals surface area contributed by atoms with Crippen LogP contribution in [0.4, 0.5) is 16.2 Å². The second kappa shape index (κ2) is 9.68. The van der Waals surface area contributed by atoms with Crippen molar-refractivity contribution in [3.63, 3.8) is 0 Å². The van der Waals surface area contributed by atoms with E-state index in [2.05, 4.69) is 14.8 Å². The quantitative estimate of drug-likeness (QED) is 0.786. The van der Waals surface area contributed by atoms with Gasteiger partial charge in [0.05, 0.1) is 19.8 Å². The number of aromatic amines is 1. The van der Waals surface area contributed by atoms with Crippen molar-refractivity contribution in [1.29, 1.82) is 0 Å². The molecular formula is C23H31FN4O3. The molecule has 2 fully saturated rings. The summed E-state index contributed by atoms with van der Waals surface area (Å²) in [5.74, 6) is 1.68. The maximum absolute atomic E-state index is 13.9. The molecule has 1 N–H and O–H groups in total. The van der Waals surface area contributed by atoms with Gasteiger partial charge in [0.25, 0.3) is 5.56 Å². The molecule has 1 aromatic carbocycles. The number of ether oxygens (including phenoxy) is 2. The topological polar surface area (TPSA) is 70.7 Å². The highest BCUT2D eigenvalue weighted by molar-refractivity contribution is 5.45. The van der Waals surface area contributed by atoms with Crippen LogP contribution < -0.4 is 20.1 Å². The van der Waals surface area contributed by atoms with E-state index >= 15 is 0 Å². The van der Waals surface area contributed by atoms with Gasteiger partial charge in [-0.15, -0.1) is 0 Å². The molecule has 0 amide bonds. The van der Waals surface area contributed by atoms with Crippen LogP contribution in [-0.4, -0.2) is 55.5 Å². The largest absolute Gasteiger partial charge is 0.496 e. The predicted molar refractivity (Wildman–Crippen MR) is 119 cm³/mol. The lowest BCUT2D eigenvalue weighted by atomic mass is 10.00. The van der Waals surface area contributed by atoms with Crippen LogP contribution in [-0.2, 0) is 11.2 Å². The number of methoxy groups -OCH3 is 1. The lowest BCUT2D eigenvalue weighted by Gasteiger charge is -2.34. The number of hydrogen-bond donors (Lipinski definition) is 1. The fourth-order valence-corrected chi connectivity index (χ4v) is 4.59. The van der Waals surface area contributed by atoms with E-state index in [0.29, 0.717) is 43.6 Å². The third-order valence-electron chi connectivity index (χ3n) is 6.13. The van der Waals surface area contributed by atoms with Gasteiger partial charge in [0.1, 0.15) is 17.4 Å². The Morgan fingerprint density at radius 2 is 2.13 bits per heavy atom. The Morgan fingerprint density at radius 1 is 1.26 bits per heavy atom. The average Bonchev–Trinajstić information content (AvgIpc) is 2.99. The lowest BCUT2D eigenvalue weighted by molar-refractivity contribution is 0.0529. The second-order valence-electron chi connectivity index (χ2n) is 8.41. The van der Waals surface area contributed by atoms with Gasteiger partial charge in [0, 0.05) is 31.7 Å². The number of benzene rings is 1. The van der Waals surface area contributed by atoms with Gasteiger partial charge in [0.2, 0.25) is 5.95 Å². The van der Waals surface area contributed by atoms with Crippen molar-refractivity contribution in [2.24, 2.45) is 0 Å². The molecule has 2 aliphatic heterocycles. The molecule has 3 heterocycles. The number of aromatic nitrogens is 2. The summed E-state index contributed by atoms with van der Waals surface area (Å²) in [6.45, 7) is 4.87. The molecule has 8 heteroatoms. The fourth-order valence-electron chi connectivity index (χ4n) is 4.59. The Balaban J connectivity index is 1.64. The Bertz CT molecular complexity index is 951. The van der Waals surface area contributed by atoms with E-state index in [9.17, 15) is 9.18 Å². The number of anilines is 2. The van der Waals surface area contributed by atoms with Crippen molar-refractivity contribution < 1.29 is 13.9 Å². The van der Waals surface area contributed by atoms with Gasteiger partial charge >= 0.3 is 0 Å². The SMILES string of the molecule is COc1ccc(F)cc1C[C@H]1CCCCCN1c1nc(N2CCO[C@H](C)C2)cc(=O)[nH]1. The molecule has 0 spiro atoms. The van der Waals surface area contributed by atoms with Crippen LogP contribution >= 0.6 is 0 Å². The van der Waals surface area contributed by atoms with Gasteiger partial charge in [-0.05, 0) is 49.9 Å². The monoisotopic (exact) mass is 430 g/mol. The lowest BCUT2D eigenvalue weighted by Crippen LogP contribution is -2.43. The van der Waals surface area contributed by atoms with Gasteiger partial charge in [0.15, 0.2) is 0 Å². The Hall–Kier alpha value is -2.61. The molecule has 2 aromatic rings. The standard InChI is InChI=1S/C23H31FN4O3/c1-16-15-27(10-11-31-16)21-14-22(29)26-23(25-21)28-9-5-3-4-6-19(28)13-17-12-18(24)7-8-20(17)30-2/h7-8,12,14,16,19H,3-6,9-11,13,15H2,1-2H3,(H,25,26,29)/t16-,19-/m1/s1. The predicted octanol–water partition coefficient (Wildman–Crippen LogP) is 3.13. The average molecular weight is 431 g/mol. The van der Waals surface area contributed by atoms with Crippen molar-refractivity contribution in [3.8, 4) is 5.75 Å². The third kappa shape index (κ3) is 5.18. The Kier molecular flexibility index (Phi) is 6.75. The van der Waals surface area contributed by atoms with E-state index < -0.39 is 0 Å². The van der Waals surface area contributed by atoms with Crippen LogP contribution in [0, 0.1) is 5.82 Å². The molecule has 2 saturated heterocycles. The van der Waals surface area contributed by atoms with E-state index in [0.717, 1.165) is 37.8 Å². The Labute approximate surface area is 182 Å². The zero-order chi connectivity index (χ0) is 21.8. The van der Waals surface area contributed by atoms with Crippen molar-refractivity contribution >= 4 is 11.8 Å². The highest BCUT2D eigenvalue weighted by Gasteiger charge is 2.26. The normalized spacial score (nSPS) is 22.3. The van der Waals surface area contributed by atoms with Crippen molar-refractivity contribution in [2.75, 3.05) is 43.2 Å². The number of morpholine rings is 1. The van der Waals surface area contributed by atoms with Crippen molar-refractivity contribution in [1.82, 2.24) is 9.97 Å². The molecule has 0 bridgehead atoms. The van der Waals surface area contributed by atoms with Crippen LogP contribution in [0.1, 0.15) is 38.2 Å². The van der Waals surface area contributed by atoms with E-state index in [-0.39, 0.29) is 23.5 Å². The van der Waals surface area contributed by atoms with Crippen molar-refractivity contribution in [3.05, 3.63) is 46.0 Å². The van der Waals surface area contributed by atoms with Gasteiger partial charge in [-0.3, -0.25) is 9.78 Å². The number of hydrogen-bond acceptors (Lipinski definition) is 6. The molecule has 168 valence electrons. The van der Waals surface area contributed by atoms with Crippen LogP contribution in [0.3, 0.4) is 0 Å². The number of rotatable bonds is 5. The number of halogens is 1. The first-order valence-corrected chi connectivity index (χ1v) is 11.1. The smallest absolute Gasteiger partial charge is 0.254 e. The molecule has 4 rings (SSSR count). The molecule has 31 heavy (non-hydrogen) atoms. The highest BCUT2D eigenvalue weighted by Crippen LogP contribution is 2.28. The van der Waals surface area contributed by atoms with Crippen LogP contribution in [0.2, 0.25) is 0 Å². The summed E-state index contributed by atoms with van der Waals surface area (Å²) < 4.78 is 25.0. The molecule has 2 atom stereocenters. The summed E-state index contributed by atoms with van der Waals surface area (Å²) in [6, 6.07) is 6.29. The van der Waals surface area contributed by atoms with Crippen molar-refractivity contribution in [2.45, 2.75) is 51.2 Å². The summed E-state index contributed by atoms with van der Waals surface area (Å²) in [5.41, 5.74) is 0.672. The first kappa shape index (κ1) is 21.6. The number of H-pyrrole nitrogens is 1. The molecular weight excluding hydrogens is 399 g/mol. The van der Waals surface area contributed by atoms with E-state index in [1.165, 1.54) is 6.07 Å². The van der Waals surface area contributed by atoms with Gasteiger partial charge in [-0.25, -0.2) is 4.39 Å². The molecule has 0 aliphatic carbocycles. The van der Waals surface area contributed by atoms with Crippen LogP contribution in [0.25, 0.3) is 0 Å². The first-order chi connectivity index (χ1) is 15.0. The first-order valence-electron chi connectivity index (χ1n) is 11.1. The summed E-state index contributed by atoms with van der Waals surface area (Å²) in [5, 5.41) is 0. The molecule has 1 aromatic heterocycles. The van der Waals surface area contributed by atoms with Gasteiger partial charge in [-0.1, -0.05) is 12.8 Å². The van der Waals surface area contributed by atoms with E-state index in [1.54, 1.807) is 25.3 Å².